The number of carbonyl (C=O) groups excluding carboxylic acids is 1. The summed E-state index contributed by atoms with van der Waals surface area (Å²) < 4.78 is 42.9. The maximum atomic E-state index is 14.2. The second-order valence-electron chi connectivity index (χ2n) is 9.63. The molecule has 0 fully saturated rings. The third kappa shape index (κ3) is 6.50. The van der Waals surface area contributed by atoms with E-state index in [4.69, 9.17) is 4.84 Å². The Bertz CT molecular complexity index is 1820. The number of carbonyl (C=O) groups is 1. The molecule has 43 heavy (non-hydrogen) atoms. The number of aromatic nitrogens is 3. The fourth-order valence-electron chi connectivity index (χ4n) is 4.78. The van der Waals surface area contributed by atoms with Gasteiger partial charge < -0.3 is 19.6 Å². The maximum Gasteiger partial charge on any atom is 0.322 e. The molecule has 2 aromatic heterocycles. The maximum absolute atomic E-state index is 14.2. The number of likely N-dealkylation sites (N-methyl/N-ethyl adjacent to an activating group) is 1. The molecule has 5 rings (SSSR count). The Morgan fingerprint density at radius 2 is 1.74 bits per heavy atom. The summed E-state index contributed by atoms with van der Waals surface area (Å²) in [4.78, 5) is 26.4. The highest BCUT2D eigenvalue weighted by Crippen LogP contribution is 2.29. The predicted octanol–water partition coefficient (Wildman–Crippen LogP) is 5.61. The van der Waals surface area contributed by atoms with Crippen LogP contribution in [0, 0.1) is 5.82 Å². The smallest absolute Gasteiger partial charge is 0.322 e. The number of halogens is 1. The first-order chi connectivity index (χ1) is 20.8. The standard InChI is InChI=1S/C31H31FN6O4S/c1-3-36(4-2)17-18-37-16-15-24-19-23(9-14-29(24)37)28-20-31(34-21-33-28)35-25-10-12-26(13-11-25)38(42-22-39)43(40,41)30-8-6-5-7-27(30)32/h5-16,19-22H,3-4,17-18H2,1-2H3,(H,33,34,35). The van der Waals surface area contributed by atoms with Gasteiger partial charge in [-0.1, -0.05) is 36.5 Å². The summed E-state index contributed by atoms with van der Waals surface area (Å²) in [6.45, 7) is 8.27. The van der Waals surface area contributed by atoms with Crippen LogP contribution in [0.25, 0.3) is 22.2 Å². The molecule has 1 N–H and O–H groups in total. The molecule has 222 valence electrons. The molecule has 0 radical (unpaired) electrons. The molecule has 10 nitrogen and oxygen atoms in total. The van der Waals surface area contributed by atoms with Gasteiger partial charge in [0.2, 0.25) is 0 Å². The second kappa shape index (κ2) is 13.0. The Hall–Kier alpha value is -4.81. The van der Waals surface area contributed by atoms with Crippen LogP contribution in [0.15, 0.2) is 96.3 Å². The van der Waals surface area contributed by atoms with Crippen molar-refractivity contribution in [2.45, 2.75) is 25.3 Å². The van der Waals surface area contributed by atoms with Crippen molar-refractivity contribution >= 4 is 44.6 Å². The monoisotopic (exact) mass is 602 g/mol. The molecule has 0 aliphatic heterocycles. The summed E-state index contributed by atoms with van der Waals surface area (Å²) in [6.07, 6.45) is 3.57. The summed E-state index contributed by atoms with van der Waals surface area (Å²) in [7, 11) is -4.52. The van der Waals surface area contributed by atoms with Gasteiger partial charge in [0.15, 0.2) is 0 Å². The molecule has 12 heteroatoms. The SMILES string of the molecule is CCN(CC)CCn1ccc2cc(-c3cc(Nc4ccc(N(OC=O)S(=O)(=O)c5ccccc5F)cc4)ncn3)ccc21. The number of sulfonamides is 1. The lowest BCUT2D eigenvalue weighted by atomic mass is 10.1. The normalized spacial score (nSPS) is 11.5. The molecule has 0 bridgehead atoms. The summed E-state index contributed by atoms with van der Waals surface area (Å²) >= 11 is 0. The Kier molecular flexibility index (Phi) is 8.98. The molecule has 0 saturated carbocycles. The average Bonchev–Trinajstić information content (AvgIpc) is 3.43. The first-order valence-corrected chi connectivity index (χ1v) is 15.2. The van der Waals surface area contributed by atoms with Crippen molar-refractivity contribution in [2.24, 2.45) is 0 Å². The molecular formula is C31H31FN6O4S. The lowest BCUT2D eigenvalue weighted by molar-refractivity contribution is -0.128. The van der Waals surface area contributed by atoms with Crippen LogP contribution in [0.5, 0.6) is 0 Å². The van der Waals surface area contributed by atoms with E-state index in [0.29, 0.717) is 16.0 Å². The molecule has 0 spiro atoms. The molecule has 3 aromatic carbocycles. The van der Waals surface area contributed by atoms with Gasteiger partial charge in [-0.25, -0.2) is 14.4 Å². The van der Waals surface area contributed by atoms with E-state index in [1.54, 1.807) is 12.1 Å². The van der Waals surface area contributed by atoms with E-state index in [-0.39, 0.29) is 12.2 Å². The number of benzene rings is 3. The van der Waals surface area contributed by atoms with Gasteiger partial charge >= 0.3 is 6.47 Å². The molecule has 0 saturated heterocycles. The molecule has 0 amide bonds. The van der Waals surface area contributed by atoms with E-state index in [2.05, 4.69) is 63.0 Å². The van der Waals surface area contributed by atoms with Gasteiger partial charge in [0.05, 0.1) is 11.4 Å². The number of hydrogen-bond donors (Lipinski definition) is 1. The largest absolute Gasteiger partial charge is 0.346 e. The van der Waals surface area contributed by atoms with Gasteiger partial charge in [-0.3, -0.25) is 4.79 Å². The minimum Gasteiger partial charge on any atom is -0.346 e. The topological polar surface area (TPSA) is 110 Å². The fourth-order valence-corrected chi connectivity index (χ4v) is 6.07. The van der Waals surface area contributed by atoms with Crippen LogP contribution < -0.4 is 9.79 Å². The van der Waals surface area contributed by atoms with Gasteiger partial charge in [-0.15, -0.1) is 0 Å². The van der Waals surface area contributed by atoms with E-state index < -0.39 is 20.7 Å². The number of fused-ring (bicyclic) bond motifs is 1. The minimum atomic E-state index is -4.52. The van der Waals surface area contributed by atoms with E-state index in [0.717, 1.165) is 60.5 Å². The van der Waals surface area contributed by atoms with Crippen molar-refractivity contribution < 1.29 is 22.4 Å². The Morgan fingerprint density at radius 1 is 0.977 bits per heavy atom. The number of nitrogens with one attached hydrogen (secondary N) is 1. The zero-order chi connectivity index (χ0) is 30.4. The number of rotatable bonds is 13. The highest BCUT2D eigenvalue weighted by molar-refractivity contribution is 7.92. The van der Waals surface area contributed by atoms with Crippen LogP contribution in [0.2, 0.25) is 0 Å². The van der Waals surface area contributed by atoms with Crippen LogP contribution in [0.1, 0.15) is 13.8 Å². The Labute approximate surface area is 249 Å². The number of anilines is 3. The van der Waals surface area contributed by atoms with Crippen LogP contribution in [0.3, 0.4) is 0 Å². The molecule has 2 heterocycles. The highest BCUT2D eigenvalue weighted by atomic mass is 32.2. The quantitative estimate of drug-likeness (QED) is 0.137. The summed E-state index contributed by atoms with van der Waals surface area (Å²) in [5.41, 5.74) is 3.42. The van der Waals surface area contributed by atoms with Crippen molar-refractivity contribution in [1.82, 2.24) is 19.4 Å². The van der Waals surface area contributed by atoms with Crippen LogP contribution in [0.4, 0.5) is 21.6 Å². The molecule has 0 atom stereocenters. The number of nitrogens with zero attached hydrogens (tertiary/aromatic N) is 5. The van der Waals surface area contributed by atoms with E-state index in [1.165, 1.54) is 30.6 Å². The summed E-state index contributed by atoms with van der Waals surface area (Å²) in [6, 6.07) is 21.0. The first kappa shape index (κ1) is 29.7. The predicted molar refractivity (Wildman–Crippen MR) is 164 cm³/mol. The molecular weight excluding hydrogens is 571 g/mol. The van der Waals surface area contributed by atoms with Gasteiger partial charge in [0, 0.05) is 47.5 Å². The van der Waals surface area contributed by atoms with Gasteiger partial charge in [-0.2, -0.15) is 8.42 Å². The second-order valence-corrected chi connectivity index (χ2v) is 11.4. The van der Waals surface area contributed by atoms with Gasteiger partial charge in [0.25, 0.3) is 10.0 Å². The lowest BCUT2D eigenvalue weighted by Crippen LogP contribution is -2.31. The fraction of sp³-hybridized carbons (Fsp3) is 0.194. The molecule has 0 unspecified atom stereocenters. The zero-order valence-corrected chi connectivity index (χ0v) is 24.5. The van der Waals surface area contributed by atoms with Crippen LogP contribution >= 0.6 is 0 Å². The van der Waals surface area contributed by atoms with Gasteiger partial charge in [-0.05, 0) is 67.7 Å². The Morgan fingerprint density at radius 3 is 2.47 bits per heavy atom. The minimum absolute atomic E-state index is 0.00150. The lowest BCUT2D eigenvalue weighted by Gasteiger charge is -2.21. The third-order valence-electron chi connectivity index (χ3n) is 7.11. The highest BCUT2D eigenvalue weighted by Gasteiger charge is 2.29. The van der Waals surface area contributed by atoms with Crippen molar-refractivity contribution in [1.29, 1.82) is 0 Å². The Balaban J connectivity index is 1.33. The van der Waals surface area contributed by atoms with Crippen molar-refractivity contribution in [3.8, 4) is 11.3 Å². The number of hydrogen-bond acceptors (Lipinski definition) is 8. The summed E-state index contributed by atoms with van der Waals surface area (Å²) in [5.74, 6) is -0.443. The molecule has 0 aliphatic carbocycles. The van der Waals surface area contributed by atoms with Crippen LogP contribution in [-0.2, 0) is 26.2 Å². The van der Waals surface area contributed by atoms with Crippen molar-refractivity contribution in [3.05, 3.63) is 97.2 Å². The van der Waals surface area contributed by atoms with Gasteiger partial charge in [0.1, 0.15) is 22.9 Å². The van der Waals surface area contributed by atoms with E-state index in [9.17, 15) is 17.6 Å². The summed E-state index contributed by atoms with van der Waals surface area (Å²) in [5, 5.41) is 4.29. The van der Waals surface area contributed by atoms with Crippen molar-refractivity contribution in [2.75, 3.05) is 29.4 Å². The molecule has 0 aliphatic rings. The van der Waals surface area contributed by atoms with Crippen LogP contribution in [-0.4, -0.2) is 54.0 Å². The van der Waals surface area contributed by atoms with E-state index >= 15 is 0 Å². The molecule has 5 aromatic rings. The third-order valence-corrected chi connectivity index (χ3v) is 8.73. The van der Waals surface area contributed by atoms with Crippen molar-refractivity contribution in [3.63, 3.8) is 0 Å². The average molecular weight is 603 g/mol. The zero-order valence-electron chi connectivity index (χ0n) is 23.7. The van der Waals surface area contributed by atoms with E-state index in [1.807, 2.05) is 12.1 Å². The first-order valence-electron chi connectivity index (χ1n) is 13.7.